The Balaban J connectivity index is 2.10. The number of hydrogen-bond acceptors (Lipinski definition) is 3. The topological polar surface area (TPSA) is 61.9 Å². The molecule has 3 N–H and O–H groups in total. The number of hydrogen-bond donors (Lipinski definition) is 2. The van der Waals surface area contributed by atoms with Gasteiger partial charge in [0.05, 0.1) is 0 Å². The second kappa shape index (κ2) is 5.61. The molecule has 4 heteroatoms. The van der Waals surface area contributed by atoms with Crippen molar-refractivity contribution < 1.29 is 5.21 Å². The summed E-state index contributed by atoms with van der Waals surface area (Å²) in [5.41, 5.74) is 8.88. The molecule has 1 aliphatic heterocycles. The summed E-state index contributed by atoms with van der Waals surface area (Å²) in [7, 11) is 0. The molecule has 0 amide bonds. The number of likely N-dealkylation sites (tertiary alicyclic amines) is 1. The van der Waals surface area contributed by atoms with E-state index in [9.17, 15) is 0 Å². The summed E-state index contributed by atoms with van der Waals surface area (Å²) < 4.78 is 0. The summed E-state index contributed by atoms with van der Waals surface area (Å²) >= 11 is 0. The molecule has 0 radical (unpaired) electrons. The van der Waals surface area contributed by atoms with Crippen LogP contribution in [0.2, 0.25) is 0 Å². The predicted molar refractivity (Wildman–Crippen MR) is 77.3 cm³/mol. The Bertz CT molecular complexity index is 474. The van der Waals surface area contributed by atoms with Gasteiger partial charge < -0.3 is 10.9 Å². The van der Waals surface area contributed by atoms with Crippen LogP contribution < -0.4 is 5.73 Å². The molecular formula is C15H23N3O. The zero-order valence-corrected chi connectivity index (χ0v) is 11.9. The smallest absolute Gasteiger partial charge is 0.170 e. The molecule has 1 fully saturated rings. The zero-order chi connectivity index (χ0) is 14.0. The van der Waals surface area contributed by atoms with E-state index in [0.717, 1.165) is 23.9 Å². The molecule has 1 aromatic carbocycles. The van der Waals surface area contributed by atoms with Gasteiger partial charge in [0, 0.05) is 25.2 Å². The maximum absolute atomic E-state index is 8.69. The van der Waals surface area contributed by atoms with Crippen LogP contribution in [0.15, 0.2) is 23.4 Å². The lowest BCUT2D eigenvalue weighted by Gasteiger charge is -2.17. The first-order valence-electron chi connectivity index (χ1n) is 6.81. The van der Waals surface area contributed by atoms with Gasteiger partial charge in [0.1, 0.15) is 0 Å². The van der Waals surface area contributed by atoms with Crippen molar-refractivity contribution in [3.05, 3.63) is 34.9 Å². The van der Waals surface area contributed by atoms with Crippen LogP contribution in [0.4, 0.5) is 0 Å². The number of rotatable bonds is 3. The second-order valence-corrected chi connectivity index (χ2v) is 5.78. The Morgan fingerprint density at radius 2 is 2.00 bits per heavy atom. The molecule has 0 saturated carbocycles. The third-order valence-electron chi connectivity index (χ3n) is 4.20. The molecule has 0 spiro atoms. The zero-order valence-electron chi connectivity index (χ0n) is 11.9. The number of oxime groups is 1. The molecule has 19 heavy (non-hydrogen) atoms. The van der Waals surface area contributed by atoms with E-state index in [-0.39, 0.29) is 5.84 Å². The Hall–Kier alpha value is -1.55. The van der Waals surface area contributed by atoms with E-state index in [1.54, 1.807) is 0 Å². The maximum Gasteiger partial charge on any atom is 0.170 e. The average molecular weight is 261 g/mol. The van der Waals surface area contributed by atoms with E-state index in [1.807, 2.05) is 12.1 Å². The highest BCUT2D eigenvalue weighted by molar-refractivity contribution is 5.97. The minimum Gasteiger partial charge on any atom is -0.409 e. The number of benzene rings is 1. The normalized spacial score (nSPS) is 24.9. The Morgan fingerprint density at radius 3 is 2.53 bits per heavy atom. The molecular weight excluding hydrogens is 238 g/mol. The van der Waals surface area contributed by atoms with Gasteiger partial charge in [0.15, 0.2) is 5.84 Å². The molecule has 1 heterocycles. The van der Waals surface area contributed by atoms with Crippen LogP contribution in [0.1, 0.15) is 30.5 Å². The first-order valence-corrected chi connectivity index (χ1v) is 6.81. The molecule has 1 aromatic rings. The lowest BCUT2D eigenvalue weighted by molar-refractivity contribution is 0.315. The number of nitrogens with two attached hydrogens (primary N) is 1. The van der Waals surface area contributed by atoms with Gasteiger partial charge in [0.2, 0.25) is 0 Å². The molecule has 1 aliphatic rings. The van der Waals surface area contributed by atoms with Gasteiger partial charge in [-0.05, 0) is 36.0 Å². The predicted octanol–water partition coefficient (Wildman–Crippen LogP) is 2.18. The van der Waals surface area contributed by atoms with E-state index in [2.05, 4.69) is 36.9 Å². The minimum atomic E-state index is 0.165. The van der Waals surface area contributed by atoms with Crippen LogP contribution in [0, 0.1) is 18.8 Å². The minimum absolute atomic E-state index is 0.165. The maximum atomic E-state index is 8.69. The first kappa shape index (κ1) is 13.9. The standard InChI is InChI=1S/C15H23N3O/c1-10-6-13(15(16)17-19)4-5-14(10)9-18-7-11(2)12(3)8-18/h4-6,11-12,19H,7-9H2,1-3H3,(H2,16,17). The second-order valence-electron chi connectivity index (χ2n) is 5.78. The van der Waals surface area contributed by atoms with Crippen molar-refractivity contribution >= 4 is 5.84 Å². The number of aryl methyl sites for hydroxylation is 1. The summed E-state index contributed by atoms with van der Waals surface area (Å²) in [5.74, 6) is 1.71. The summed E-state index contributed by atoms with van der Waals surface area (Å²) in [6, 6.07) is 5.98. The molecule has 2 atom stereocenters. The van der Waals surface area contributed by atoms with E-state index >= 15 is 0 Å². The fourth-order valence-corrected chi connectivity index (χ4v) is 2.71. The van der Waals surface area contributed by atoms with E-state index in [0.29, 0.717) is 0 Å². The third-order valence-corrected chi connectivity index (χ3v) is 4.20. The van der Waals surface area contributed by atoms with Crippen LogP contribution in [0.25, 0.3) is 0 Å². The largest absolute Gasteiger partial charge is 0.409 e. The van der Waals surface area contributed by atoms with E-state index < -0.39 is 0 Å². The highest BCUT2D eigenvalue weighted by Crippen LogP contribution is 2.24. The van der Waals surface area contributed by atoms with Crippen LogP contribution in [0.5, 0.6) is 0 Å². The molecule has 104 valence electrons. The van der Waals surface area contributed by atoms with Crippen molar-refractivity contribution in [1.82, 2.24) is 4.90 Å². The monoisotopic (exact) mass is 261 g/mol. The Labute approximate surface area is 114 Å². The molecule has 2 unspecified atom stereocenters. The van der Waals surface area contributed by atoms with E-state index in [1.165, 1.54) is 24.2 Å². The van der Waals surface area contributed by atoms with Crippen molar-refractivity contribution in [2.75, 3.05) is 13.1 Å². The molecule has 2 rings (SSSR count). The molecule has 4 nitrogen and oxygen atoms in total. The van der Waals surface area contributed by atoms with Crippen molar-refractivity contribution in [2.24, 2.45) is 22.7 Å². The first-order chi connectivity index (χ1) is 9.01. The number of nitrogens with zero attached hydrogens (tertiary/aromatic N) is 2. The van der Waals surface area contributed by atoms with Crippen molar-refractivity contribution in [2.45, 2.75) is 27.3 Å². The van der Waals surface area contributed by atoms with Gasteiger partial charge >= 0.3 is 0 Å². The fourth-order valence-electron chi connectivity index (χ4n) is 2.71. The van der Waals surface area contributed by atoms with Gasteiger partial charge in [0.25, 0.3) is 0 Å². The summed E-state index contributed by atoms with van der Waals surface area (Å²) in [6.45, 7) is 10.0. The highest BCUT2D eigenvalue weighted by atomic mass is 16.4. The van der Waals surface area contributed by atoms with Gasteiger partial charge in [-0.15, -0.1) is 0 Å². The summed E-state index contributed by atoms with van der Waals surface area (Å²) in [4.78, 5) is 2.50. The van der Waals surface area contributed by atoms with E-state index in [4.69, 9.17) is 10.9 Å². The Morgan fingerprint density at radius 1 is 1.37 bits per heavy atom. The SMILES string of the molecule is Cc1cc(/C(N)=N/O)ccc1CN1CC(C)C(C)C1. The molecule has 0 aromatic heterocycles. The Kier molecular flexibility index (Phi) is 4.10. The molecule has 1 saturated heterocycles. The fraction of sp³-hybridized carbons (Fsp3) is 0.533. The van der Waals surface area contributed by atoms with Crippen LogP contribution in [-0.2, 0) is 6.54 Å². The van der Waals surface area contributed by atoms with Gasteiger partial charge in [-0.25, -0.2) is 0 Å². The highest BCUT2D eigenvalue weighted by Gasteiger charge is 2.25. The van der Waals surface area contributed by atoms with Gasteiger partial charge in [-0.2, -0.15) is 0 Å². The van der Waals surface area contributed by atoms with Crippen LogP contribution >= 0.6 is 0 Å². The lowest BCUT2D eigenvalue weighted by Crippen LogP contribution is -2.21. The van der Waals surface area contributed by atoms with Crippen molar-refractivity contribution in [3.8, 4) is 0 Å². The van der Waals surface area contributed by atoms with Crippen molar-refractivity contribution in [3.63, 3.8) is 0 Å². The van der Waals surface area contributed by atoms with Gasteiger partial charge in [-0.3, -0.25) is 4.90 Å². The summed E-state index contributed by atoms with van der Waals surface area (Å²) in [5, 5.41) is 11.7. The average Bonchev–Trinajstić information content (AvgIpc) is 2.70. The van der Waals surface area contributed by atoms with Gasteiger partial charge in [-0.1, -0.05) is 31.1 Å². The quantitative estimate of drug-likeness (QED) is 0.379. The summed E-state index contributed by atoms with van der Waals surface area (Å²) in [6.07, 6.45) is 0. The molecule has 0 bridgehead atoms. The van der Waals surface area contributed by atoms with Crippen LogP contribution in [-0.4, -0.2) is 29.0 Å². The molecule has 0 aliphatic carbocycles. The third kappa shape index (κ3) is 3.07. The van der Waals surface area contributed by atoms with Crippen molar-refractivity contribution in [1.29, 1.82) is 0 Å². The lowest BCUT2D eigenvalue weighted by atomic mass is 10.0. The number of amidine groups is 1. The van der Waals surface area contributed by atoms with Crippen LogP contribution in [0.3, 0.4) is 0 Å².